The van der Waals surface area contributed by atoms with E-state index in [2.05, 4.69) is 9.97 Å². The van der Waals surface area contributed by atoms with Gasteiger partial charge in [0.1, 0.15) is 17.3 Å². The lowest BCUT2D eigenvalue weighted by atomic mass is 10.1. The predicted octanol–water partition coefficient (Wildman–Crippen LogP) is 2.23. The van der Waals surface area contributed by atoms with Crippen LogP contribution in [0.4, 0.5) is 5.82 Å². The van der Waals surface area contributed by atoms with Gasteiger partial charge in [-0.2, -0.15) is 0 Å². The number of nitrogens with two attached hydrogens (primary N) is 1. The highest BCUT2D eigenvalue weighted by Crippen LogP contribution is 2.31. The first kappa shape index (κ1) is 12.7. The number of nitrogens with zero attached hydrogens (tertiary/aromatic N) is 2. The highest BCUT2D eigenvalue weighted by molar-refractivity contribution is 5.63. The second-order valence-electron chi connectivity index (χ2n) is 4.81. The van der Waals surface area contributed by atoms with Gasteiger partial charge in [-0.3, -0.25) is 0 Å². The molecule has 0 aliphatic heterocycles. The highest BCUT2D eigenvalue weighted by atomic mass is 16.5. The molecule has 0 fully saturated rings. The molecule has 5 heteroatoms. The number of aromatic nitrogens is 2. The topological polar surface area (TPSA) is 70.3 Å². The van der Waals surface area contributed by atoms with E-state index in [1.165, 1.54) is 0 Å². The van der Waals surface area contributed by atoms with Gasteiger partial charge < -0.3 is 15.2 Å². The molecule has 0 radical (unpaired) electrons. The predicted molar refractivity (Wildman–Crippen MR) is 77.0 cm³/mol. The van der Waals surface area contributed by atoms with Crippen molar-refractivity contribution in [2.24, 2.45) is 0 Å². The SMILES string of the molecule is COc1cc(OC)cc(-c2nc(N)c3c(n2)CCC3)c1. The Morgan fingerprint density at radius 2 is 1.70 bits per heavy atom. The molecule has 0 bridgehead atoms. The Bertz CT molecular complexity index is 634. The molecule has 20 heavy (non-hydrogen) atoms. The lowest BCUT2D eigenvalue weighted by molar-refractivity contribution is 0.394. The van der Waals surface area contributed by atoms with Crippen LogP contribution in [0.2, 0.25) is 0 Å². The molecular formula is C15H17N3O2. The van der Waals surface area contributed by atoms with Crippen LogP contribution in [0.1, 0.15) is 17.7 Å². The number of nitrogen functional groups attached to an aromatic ring is 1. The molecule has 1 aromatic carbocycles. The van der Waals surface area contributed by atoms with E-state index in [9.17, 15) is 0 Å². The Morgan fingerprint density at radius 3 is 2.35 bits per heavy atom. The van der Waals surface area contributed by atoms with Crippen LogP contribution in [0.3, 0.4) is 0 Å². The standard InChI is InChI=1S/C15H17N3O2/c1-19-10-6-9(7-11(8-10)20-2)15-17-13-5-3-4-12(13)14(16)18-15/h6-8H,3-5H2,1-2H3,(H2,16,17,18). The van der Waals surface area contributed by atoms with Gasteiger partial charge in [-0.25, -0.2) is 9.97 Å². The third-order valence-corrected chi connectivity index (χ3v) is 3.57. The van der Waals surface area contributed by atoms with Gasteiger partial charge in [-0.1, -0.05) is 0 Å². The van der Waals surface area contributed by atoms with Crippen LogP contribution >= 0.6 is 0 Å². The molecule has 0 saturated carbocycles. The molecule has 3 rings (SSSR count). The zero-order chi connectivity index (χ0) is 14.1. The van der Waals surface area contributed by atoms with Crippen molar-refractivity contribution >= 4 is 5.82 Å². The number of anilines is 1. The maximum atomic E-state index is 6.04. The van der Waals surface area contributed by atoms with Gasteiger partial charge in [0.15, 0.2) is 5.82 Å². The quantitative estimate of drug-likeness (QED) is 0.927. The summed E-state index contributed by atoms with van der Waals surface area (Å²) in [7, 11) is 3.24. The van der Waals surface area contributed by atoms with E-state index in [1.54, 1.807) is 14.2 Å². The fourth-order valence-corrected chi connectivity index (χ4v) is 2.53. The van der Waals surface area contributed by atoms with E-state index in [0.717, 1.165) is 36.1 Å². The summed E-state index contributed by atoms with van der Waals surface area (Å²) in [6.45, 7) is 0. The summed E-state index contributed by atoms with van der Waals surface area (Å²) >= 11 is 0. The van der Waals surface area contributed by atoms with Crippen LogP contribution < -0.4 is 15.2 Å². The van der Waals surface area contributed by atoms with Crippen LogP contribution in [0, 0.1) is 0 Å². The first-order valence-electron chi connectivity index (χ1n) is 6.60. The van der Waals surface area contributed by atoms with Gasteiger partial charge in [0, 0.05) is 22.9 Å². The zero-order valence-electron chi connectivity index (χ0n) is 11.6. The average molecular weight is 271 g/mol. The number of hydrogen-bond donors (Lipinski definition) is 1. The Balaban J connectivity index is 2.11. The van der Waals surface area contributed by atoms with Crippen LogP contribution in [0.5, 0.6) is 11.5 Å². The minimum atomic E-state index is 0.587. The zero-order valence-corrected chi connectivity index (χ0v) is 11.6. The normalized spacial score (nSPS) is 13.1. The number of benzene rings is 1. The Kier molecular flexibility index (Phi) is 3.18. The van der Waals surface area contributed by atoms with Crippen molar-refractivity contribution < 1.29 is 9.47 Å². The third kappa shape index (κ3) is 2.15. The summed E-state index contributed by atoms with van der Waals surface area (Å²) in [6.07, 6.45) is 3.04. The van der Waals surface area contributed by atoms with E-state index in [4.69, 9.17) is 15.2 Å². The van der Waals surface area contributed by atoms with E-state index in [1.807, 2.05) is 18.2 Å². The Morgan fingerprint density at radius 1 is 1.00 bits per heavy atom. The Hall–Kier alpha value is -2.30. The molecule has 0 atom stereocenters. The fraction of sp³-hybridized carbons (Fsp3) is 0.333. The number of fused-ring (bicyclic) bond motifs is 1. The van der Waals surface area contributed by atoms with Crippen molar-refractivity contribution in [3.63, 3.8) is 0 Å². The van der Waals surface area contributed by atoms with Gasteiger partial charge in [0.2, 0.25) is 0 Å². The summed E-state index contributed by atoms with van der Waals surface area (Å²) < 4.78 is 10.5. The largest absolute Gasteiger partial charge is 0.497 e. The van der Waals surface area contributed by atoms with Crippen LogP contribution in [0.15, 0.2) is 18.2 Å². The molecule has 0 unspecified atom stereocenters. The summed E-state index contributed by atoms with van der Waals surface area (Å²) in [5.41, 5.74) is 9.05. The van der Waals surface area contributed by atoms with Gasteiger partial charge >= 0.3 is 0 Å². The van der Waals surface area contributed by atoms with Gasteiger partial charge in [-0.15, -0.1) is 0 Å². The number of aryl methyl sites for hydroxylation is 1. The van der Waals surface area contributed by atoms with Crippen molar-refractivity contribution in [1.82, 2.24) is 9.97 Å². The van der Waals surface area contributed by atoms with E-state index in [-0.39, 0.29) is 0 Å². The lowest BCUT2D eigenvalue weighted by Gasteiger charge is -2.10. The molecule has 1 aromatic heterocycles. The summed E-state index contributed by atoms with van der Waals surface area (Å²) in [4.78, 5) is 9.05. The van der Waals surface area contributed by atoms with E-state index in [0.29, 0.717) is 23.1 Å². The van der Waals surface area contributed by atoms with E-state index >= 15 is 0 Å². The number of rotatable bonds is 3. The molecule has 1 aliphatic carbocycles. The van der Waals surface area contributed by atoms with Crippen LogP contribution in [-0.4, -0.2) is 24.2 Å². The van der Waals surface area contributed by atoms with E-state index < -0.39 is 0 Å². The summed E-state index contributed by atoms with van der Waals surface area (Å²) in [5, 5.41) is 0. The van der Waals surface area contributed by atoms with Crippen molar-refractivity contribution in [2.45, 2.75) is 19.3 Å². The molecule has 1 heterocycles. The molecule has 0 spiro atoms. The van der Waals surface area contributed by atoms with Crippen LogP contribution in [0.25, 0.3) is 11.4 Å². The number of methoxy groups -OCH3 is 2. The molecule has 5 nitrogen and oxygen atoms in total. The van der Waals surface area contributed by atoms with Gasteiger partial charge in [-0.05, 0) is 31.4 Å². The maximum Gasteiger partial charge on any atom is 0.162 e. The van der Waals surface area contributed by atoms with Crippen molar-refractivity contribution in [3.8, 4) is 22.9 Å². The summed E-state index contributed by atoms with van der Waals surface area (Å²) in [6, 6.07) is 5.59. The average Bonchev–Trinajstić information content (AvgIpc) is 2.95. The van der Waals surface area contributed by atoms with Crippen LogP contribution in [-0.2, 0) is 12.8 Å². The molecule has 104 valence electrons. The molecule has 0 amide bonds. The molecule has 2 aromatic rings. The fourth-order valence-electron chi connectivity index (χ4n) is 2.53. The summed E-state index contributed by atoms with van der Waals surface area (Å²) in [5.74, 6) is 2.63. The molecular weight excluding hydrogens is 254 g/mol. The monoisotopic (exact) mass is 271 g/mol. The van der Waals surface area contributed by atoms with Gasteiger partial charge in [0.25, 0.3) is 0 Å². The van der Waals surface area contributed by atoms with Crippen molar-refractivity contribution in [2.75, 3.05) is 20.0 Å². The van der Waals surface area contributed by atoms with Crippen molar-refractivity contribution in [3.05, 3.63) is 29.5 Å². The molecule has 2 N–H and O–H groups in total. The minimum Gasteiger partial charge on any atom is -0.497 e. The Labute approximate surface area is 117 Å². The third-order valence-electron chi connectivity index (χ3n) is 3.57. The second kappa shape index (κ2) is 5.00. The smallest absolute Gasteiger partial charge is 0.162 e. The van der Waals surface area contributed by atoms with Gasteiger partial charge in [0.05, 0.1) is 14.2 Å². The highest BCUT2D eigenvalue weighted by Gasteiger charge is 2.18. The second-order valence-corrected chi connectivity index (χ2v) is 4.81. The van der Waals surface area contributed by atoms with Crippen molar-refractivity contribution in [1.29, 1.82) is 0 Å². The first-order valence-corrected chi connectivity index (χ1v) is 6.60. The molecule has 1 aliphatic rings. The maximum absolute atomic E-state index is 6.04. The first-order chi connectivity index (χ1) is 9.71. The number of ether oxygens (including phenoxy) is 2. The molecule has 0 saturated heterocycles. The minimum absolute atomic E-state index is 0.587. The lowest BCUT2D eigenvalue weighted by Crippen LogP contribution is -2.03. The number of hydrogen-bond acceptors (Lipinski definition) is 5.